The molecule has 2 N–H and O–H groups in total. The number of aliphatic carboxylic acids is 1. The molecule has 2 unspecified atom stereocenters. The van der Waals surface area contributed by atoms with E-state index in [0.717, 1.165) is 25.8 Å². The zero-order valence-corrected chi connectivity index (χ0v) is 11.4. The van der Waals surface area contributed by atoms with E-state index >= 15 is 0 Å². The van der Waals surface area contributed by atoms with Crippen LogP contribution >= 0.6 is 11.8 Å². The standard InChI is InChI=1S/C12H20N2O3S/c1-2-10-14(9(7-18-10)12(16)17)11(15)8-4-3-5-13-6-8/h8-10,13H,2-7H2,1H3,(H,16,17)/t8-,9?,10?/m1/s1. The number of piperidine rings is 1. The van der Waals surface area contributed by atoms with E-state index in [1.807, 2.05) is 6.92 Å². The number of carbonyl (C=O) groups excluding carboxylic acids is 1. The van der Waals surface area contributed by atoms with Gasteiger partial charge in [0.15, 0.2) is 0 Å². The van der Waals surface area contributed by atoms with Crippen LogP contribution in [0.3, 0.4) is 0 Å². The van der Waals surface area contributed by atoms with Crippen LogP contribution in [-0.2, 0) is 9.59 Å². The van der Waals surface area contributed by atoms with E-state index in [4.69, 9.17) is 0 Å². The Morgan fingerprint density at radius 3 is 2.83 bits per heavy atom. The van der Waals surface area contributed by atoms with E-state index < -0.39 is 12.0 Å². The van der Waals surface area contributed by atoms with Gasteiger partial charge >= 0.3 is 5.97 Å². The fourth-order valence-electron chi connectivity index (χ4n) is 2.64. The summed E-state index contributed by atoms with van der Waals surface area (Å²) in [5, 5.41) is 12.5. The molecular weight excluding hydrogens is 252 g/mol. The highest BCUT2D eigenvalue weighted by atomic mass is 32.2. The van der Waals surface area contributed by atoms with Crippen LogP contribution in [0.5, 0.6) is 0 Å². The summed E-state index contributed by atoms with van der Waals surface area (Å²) in [6, 6.07) is -0.644. The number of nitrogens with one attached hydrogen (secondary N) is 1. The van der Waals surface area contributed by atoms with Gasteiger partial charge in [-0.25, -0.2) is 4.79 Å². The van der Waals surface area contributed by atoms with Crippen molar-refractivity contribution in [3.05, 3.63) is 0 Å². The Kier molecular flexibility index (Phi) is 4.50. The molecule has 0 aliphatic carbocycles. The summed E-state index contributed by atoms with van der Waals surface area (Å²) in [4.78, 5) is 25.3. The minimum absolute atomic E-state index is 0.0199. The Morgan fingerprint density at radius 1 is 1.50 bits per heavy atom. The van der Waals surface area contributed by atoms with Crippen molar-refractivity contribution in [1.82, 2.24) is 10.2 Å². The molecule has 2 aliphatic rings. The lowest BCUT2D eigenvalue weighted by atomic mass is 9.97. The van der Waals surface area contributed by atoms with Crippen LogP contribution in [0.1, 0.15) is 26.2 Å². The normalized spacial score (nSPS) is 32.5. The molecule has 0 radical (unpaired) electrons. The van der Waals surface area contributed by atoms with Crippen molar-refractivity contribution in [3.8, 4) is 0 Å². The van der Waals surface area contributed by atoms with Crippen molar-refractivity contribution in [2.45, 2.75) is 37.6 Å². The van der Waals surface area contributed by atoms with Crippen LogP contribution in [0.15, 0.2) is 0 Å². The van der Waals surface area contributed by atoms with Gasteiger partial charge in [-0.15, -0.1) is 11.8 Å². The maximum absolute atomic E-state index is 12.5. The number of hydrogen-bond acceptors (Lipinski definition) is 4. The van der Waals surface area contributed by atoms with Crippen LogP contribution in [0.4, 0.5) is 0 Å². The minimum atomic E-state index is -0.879. The number of nitrogens with zero attached hydrogens (tertiary/aromatic N) is 1. The van der Waals surface area contributed by atoms with Crippen molar-refractivity contribution in [1.29, 1.82) is 0 Å². The first-order valence-electron chi connectivity index (χ1n) is 6.52. The monoisotopic (exact) mass is 272 g/mol. The van der Waals surface area contributed by atoms with Crippen molar-refractivity contribution >= 4 is 23.6 Å². The van der Waals surface area contributed by atoms with Crippen LogP contribution < -0.4 is 5.32 Å². The molecule has 0 saturated carbocycles. The minimum Gasteiger partial charge on any atom is -0.480 e. The number of amides is 1. The highest BCUT2D eigenvalue weighted by molar-refractivity contribution is 8.00. The first kappa shape index (κ1) is 13.7. The van der Waals surface area contributed by atoms with Gasteiger partial charge in [-0.05, 0) is 25.8 Å². The second-order valence-corrected chi connectivity index (χ2v) is 6.05. The van der Waals surface area contributed by atoms with Crippen molar-refractivity contribution < 1.29 is 14.7 Å². The molecule has 2 rings (SSSR count). The summed E-state index contributed by atoms with van der Waals surface area (Å²) < 4.78 is 0. The average molecular weight is 272 g/mol. The maximum atomic E-state index is 12.5. The fraction of sp³-hybridized carbons (Fsp3) is 0.833. The number of carboxylic acid groups (broad SMARTS) is 1. The van der Waals surface area contributed by atoms with E-state index in [9.17, 15) is 14.7 Å². The van der Waals surface area contributed by atoms with Gasteiger partial charge in [0.1, 0.15) is 6.04 Å². The third-order valence-corrected chi connectivity index (χ3v) is 5.08. The highest BCUT2D eigenvalue weighted by Crippen LogP contribution is 2.33. The van der Waals surface area contributed by atoms with Crippen LogP contribution in [0, 0.1) is 5.92 Å². The molecule has 0 aromatic rings. The third-order valence-electron chi connectivity index (χ3n) is 3.63. The predicted octanol–water partition coefficient (Wildman–Crippen LogP) is 0.751. The third kappa shape index (κ3) is 2.64. The lowest BCUT2D eigenvalue weighted by Crippen LogP contribution is -2.50. The lowest BCUT2D eigenvalue weighted by Gasteiger charge is -2.32. The Labute approximate surface area is 111 Å². The molecule has 0 aromatic carbocycles. The molecule has 5 nitrogen and oxygen atoms in total. The van der Waals surface area contributed by atoms with Crippen molar-refractivity contribution in [3.63, 3.8) is 0 Å². The van der Waals surface area contributed by atoms with E-state index in [0.29, 0.717) is 12.3 Å². The highest BCUT2D eigenvalue weighted by Gasteiger charge is 2.42. The van der Waals surface area contributed by atoms with Crippen LogP contribution in [0.2, 0.25) is 0 Å². The van der Waals surface area contributed by atoms with Crippen LogP contribution in [0.25, 0.3) is 0 Å². The summed E-state index contributed by atoms with van der Waals surface area (Å²) in [6.07, 6.45) is 2.67. The summed E-state index contributed by atoms with van der Waals surface area (Å²) in [5.74, 6) is -0.393. The Bertz CT molecular complexity index is 331. The van der Waals surface area contributed by atoms with Crippen molar-refractivity contribution in [2.24, 2.45) is 5.92 Å². The Hall–Kier alpha value is -0.750. The van der Waals surface area contributed by atoms with E-state index in [-0.39, 0.29) is 17.2 Å². The van der Waals surface area contributed by atoms with Gasteiger partial charge < -0.3 is 15.3 Å². The van der Waals surface area contributed by atoms with Gasteiger partial charge in [-0.1, -0.05) is 6.92 Å². The molecule has 18 heavy (non-hydrogen) atoms. The molecule has 2 heterocycles. The summed E-state index contributed by atoms with van der Waals surface area (Å²) in [5.41, 5.74) is 0. The van der Waals surface area contributed by atoms with E-state index in [2.05, 4.69) is 5.32 Å². The molecule has 2 fully saturated rings. The molecule has 0 spiro atoms. The molecule has 102 valence electrons. The van der Waals surface area contributed by atoms with E-state index in [1.165, 1.54) is 0 Å². The fourth-order valence-corrected chi connectivity index (χ4v) is 3.99. The molecule has 0 bridgehead atoms. The van der Waals surface area contributed by atoms with Gasteiger partial charge in [-0.3, -0.25) is 4.79 Å². The zero-order valence-electron chi connectivity index (χ0n) is 10.6. The van der Waals surface area contributed by atoms with Gasteiger partial charge in [0.2, 0.25) is 5.91 Å². The number of thioether (sulfide) groups is 1. The maximum Gasteiger partial charge on any atom is 0.327 e. The van der Waals surface area contributed by atoms with Crippen LogP contribution in [-0.4, -0.2) is 52.1 Å². The molecule has 3 atom stereocenters. The van der Waals surface area contributed by atoms with Gasteiger partial charge in [0, 0.05) is 12.3 Å². The largest absolute Gasteiger partial charge is 0.480 e. The number of hydrogen-bond donors (Lipinski definition) is 2. The average Bonchev–Trinajstić information content (AvgIpc) is 2.82. The predicted molar refractivity (Wildman–Crippen MR) is 70.4 cm³/mol. The quantitative estimate of drug-likeness (QED) is 0.793. The first-order valence-corrected chi connectivity index (χ1v) is 7.57. The topological polar surface area (TPSA) is 69.6 Å². The summed E-state index contributed by atoms with van der Waals surface area (Å²) in [6.45, 7) is 3.64. The Morgan fingerprint density at radius 2 is 2.28 bits per heavy atom. The summed E-state index contributed by atoms with van der Waals surface area (Å²) >= 11 is 1.58. The zero-order chi connectivity index (χ0) is 13.1. The number of carbonyl (C=O) groups is 2. The van der Waals surface area contributed by atoms with Gasteiger partial charge in [-0.2, -0.15) is 0 Å². The summed E-state index contributed by atoms with van der Waals surface area (Å²) in [7, 11) is 0. The second kappa shape index (κ2) is 5.93. The molecule has 2 saturated heterocycles. The molecular formula is C12H20N2O3S. The number of rotatable bonds is 3. The van der Waals surface area contributed by atoms with Gasteiger partial charge in [0.05, 0.1) is 11.3 Å². The molecule has 2 aliphatic heterocycles. The molecule has 6 heteroatoms. The smallest absolute Gasteiger partial charge is 0.327 e. The van der Waals surface area contributed by atoms with E-state index in [1.54, 1.807) is 16.7 Å². The number of carboxylic acids is 1. The first-order chi connectivity index (χ1) is 8.65. The molecule has 0 aromatic heterocycles. The SMILES string of the molecule is CCC1SCC(C(=O)O)N1C(=O)[C@@H]1CCCNC1. The molecule has 1 amide bonds. The Balaban J connectivity index is 2.10. The lowest BCUT2D eigenvalue weighted by molar-refractivity contribution is -0.151. The van der Waals surface area contributed by atoms with Crippen molar-refractivity contribution in [2.75, 3.05) is 18.8 Å². The second-order valence-electron chi connectivity index (χ2n) is 4.84. The van der Waals surface area contributed by atoms with Gasteiger partial charge in [0.25, 0.3) is 0 Å².